The van der Waals surface area contributed by atoms with E-state index >= 15 is 0 Å². The highest BCUT2D eigenvalue weighted by molar-refractivity contribution is 6.07. The summed E-state index contributed by atoms with van der Waals surface area (Å²) in [4.78, 5) is 51.5. The third-order valence-electron chi connectivity index (χ3n) is 5.11. The molecule has 0 aliphatic carbocycles. The minimum Gasteiger partial charge on any atom is -0.447 e. The summed E-state index contributed by atoms with van der Waals surface area (Å²) in [5, 5.41) is 6.61. The van der Waals surface area contributed by atoms with Gasteiger partial charge in [0.05, 0.1) is 5.39 Å². The largest absolute Gasteiger partial charge is 0.447 e. The van der Waals surface area contributed by atoms with Gasteiger partial charge in [0, 0.05) is 17.5 Å². The van der Waals surface area contributed by atoms with Gasteiger partial charge in [0.1, 0.15) is 5.82 Å². The summed E-state index contributed by atoms with van der Waals surface area (Å²) in [6.45, 7) is 0.170. The number of H-pyrrole nitrogens is 1. The van der Waals surface area contributed by atoms with Gasteiger partial charge in [0.2, 0.25) is 0 Å². The van der Waals surface area contributed by atoms with Gasteiger partial charge in [-0.25, -0.2) is 14.3 Å². The molecule has 0 radical (unpaired) electrons. The SMILES string of the molecule is O=C(OC1CCCCN(C(=O)c2ccc(F)cc2)C1=O)c1n[nH]c(=O)c2ccccc12. The smallest absolute Gasteiger partial charge is 0.360 e. The Labute approximate surface area is 175 Å². The molecule has 0 spiro atoms. The number of benzene rings is 2. The van der Waals surface area contributed by atoms with Gasteiger partial charge in [-0.05, 0) is 49.6 Å². The molecule has 9 heteroatoms. The van der Waals surface area contributed by atoms with E-state index < -0.39 is 35.3 Å². The molecular formula is C22H18FN3O5. The standard InChI is InChI=1S/C22H18FN3O5/c23-14-10-8-13(9-11-14)20(28)26-12-4-3-7-17(21(26)29)31-22(30)18-15-5-1-2-6-16(15)19(27)25-24-18/h1-2,5-6,8-11,17H,3-4,7,12H2,(H,25,27). The molecule has 1 atom stereocenters. The second-order valence-electron chi connectivity index (χ2n) is 7.14. The minimum atomic E-state index is -1.17. The summed E-state index contributed by atoms with van der Waals surface area (Å²) >= 11 is 0. The van der Waals surface area contributed by atoms with Crippen LogP contribution < -0.4 is 5.56 Å². The van der Waals surface area contributed by atoms with Crippen molar-refractivity contribution in [2.75, 3.05) is 6.54 Å². The molecule has 1 N–H and O–H groups in total. The Kier molecular flexibility index (Phi) is 5.57. The Bertz CT molecular complexity index is 1220. The number of hydrogen-bond donors (Lipinski definition) is 1. The Morgan fingerprint density at radius 3 is 2.48 bits per heavy atom. The zero-order valence-electron chi connectivity index (χ0n) is 16.3. The molecule has 158 valence electrons. The number of imide groups is 1. The average molecular weight is 423 g/mol. The van der Waals surface area contributed by atoms with Crippen molar-refractivity contribution in [2.24, 2.45) is 0 Å². The van der Waals surface area contributed by atoms with Gasteiger partial charge in [0.25, 0.3) is 17.4 Å². The Hall–Kier alpha value is -3.88. The number of halogens is 1. The summed E-state index contributed by atoms with van der Waals surface area (Å²) < 4.78 is 18.6. The summed E-state index contributed by atoms with van der Waals surface area (Å²) in [5.41, 5.74) is -0.410. The number of amides is 2. The van der Waals surface area contributed by atoms with Crippen LogP contribution in [0.5, 0.6) is 0 Å². The number of aromatic nitrogens is 2. The summed E-state index contributed by atoms with van der Waals surface area (Å²) in [6.07, 6.45) is 0.189. The predicted molar refractivity (Wildman–Crippen MR) is 108 cm³/mol. The highest BCUT2D eigenvalue weighted by atomic mass is 19.1. The maximum absolute atomic E-state index is 13.2. The predicted octanol–water partition coefficient (Wildman–Crippen LogP) is 2.44. The first-order valence-electron chi connectivity index (χ1n) is 9.75. The van der Waals surface area contributed by atoms with Crippen LogP contribution in [-0.2, 0) is 9.53 Å². The van der Waals surface area contributed by atoms with Crippen LogP contribution in [0.3, 0.4) is 0 Å². The summed E-state index contributed by atoms with van der Waals surface area (Å²) in [6, 6.07) is 11.3. The van der Waals surface area contributed by atoms with Crippen molar-refractivity contribution >= 4 is 28.6 Å². The number of carbonyl (C=O) groups excluding carboxylic acids is 3. The van der Waals surface area contributed by atoms with Crippen molar-refractivity contribution in [3.8, 4) is 0 Å². The van der Waals surface area contributed by atoms with Crippen LogP contribution in [0, 0.1) is 5.82 Å². The highest BCUT2D eigenvalue weighted by Crippen LogP contribution is 2.20. The van der Waals surface area contributed by atoms with E-state index in [4.69, 9.17) is 4.74 Å². The lowest BCUT2D eigenvalue weighted by atomic mass is 10.1. The molecule has 2 aromatic carbocycles. The van der Waals surface area contributed by atoms with Crippen LogP contribution in [0.4, 0.5) is 4.39 Å². The maximum Gasteiger partial charge on any atom is 0.360 e. The third-order valence-corrected chi connectivity index (χ3v) is 5.11. The molecule has 1 saturated heterocycles. The normalized spacial score (nSPS) is 16.7. The number of carbonyl (C=O) groups is 3. The van der Waals surface area contributed by atoms with Gasteiger partial charge >= 0.3 is 5.97 Å². The van der Waals surface area contributed by atoms with Crippen LogP contribution in [0.1, 0.15) is 40.1 Å². The zero-order chi connectivity index (χ0) is 22.0. The number of hydrogen-bond acceptors (Lipinski definition) is 6. The van der Waals surface area contributed by atoms with E-state index in [1.165, 1.54) is 12.1 Å². The molecule has 4 rings (SSSR count). The van der Waals surface area contributed by atoms with Gasteiger partial charge in [-0.3, -0.25) is 19.3 Å². The van der Waals surface area contributed by atoms with E-state index in [9.17, 15) is 23.6 Å². The van der Waals surface area contributed by atoms with Crippen molar-refractivity contribution in [2.45, 2.75) is 25.4 Å². The molecule has 1 fully saturated rings. The van der Waals surface area contributed by atoms with Crippen LogP contribution in [0.25, 0.3) is 10.8 Å². The van der Waals surface area contributed by atoms with Gasteiger partial charge in [-0.2, -0.15) is 5.10 Å². The fraction of sp³-hybridized carbons (Fsp3) is 0.227. The number of likely N-dealkylation sites (tertiary alicyclic amines) is 1. The summed E-state index contributed by atoms with van der Waals surface area (Å²) in [5.74, 6) is -2.59. The summed E-state index contributed by atoms with van der Waals surface area (Å²) in [7, 11) is 0. The van der Waals surface area contributed by atoms with E-state index in [0.717, 1.165) is 17.0 Å². The Morgan fingerprint density at radius 2 is 1.74 bits per heavy atom. The molecule has 3 aromatic rings. The molecule has 31 heavy (non-hydrogen) atoms. The van der Waals surface area contributed by atoms with Crippen molar-refractivity contribution in [1.82, 2.24) is 15.1 Å². The topological polar surface area (TPSA) is 109 Å². The number of nitrogens with one attached hydrogen (secondary N) is 1. The lowest BCUT2D eigenvalue weighted by Crippen LogP contribution is -2.43. The Morgan fingerprint density at radius 1 is 1.03 bits per heavy atom. The highest BCUT2D eigenvalue weighted by Gasteiger charge is 2.34. The first-order valence-corrected chi connectivity index (χ1v) is 9.75. The number of aromatic amines is 1. The van der Waals surface area contributed by atoms with Crippen molar-refractivity contribution < 1.29 is 23.5 Å². The van der Waals surface area contributed by atoms with Crippen LogP contribution >= 0.6 is 0 Å². The van der Waals surface area contributed by atoms with E-state index in [0.29, 0.717) is 18.2 Å². The van der Waals surface area contributed by atoms with Gasteiger partial charge in [-0.1, -0.05) is 18.2 Å². The van der Waals surface area contributed by atoms with Crippen LogP contribution in [-0.4, -0.2) is 45.5 Å². The molecule has 1 aromatic heterocycles. The number of rotatable bonds is 3. The van der Waals surface area contributed by atoms with E-state index in [-0.39, 0.29) is 29.6 Å². The molecule has 8 nitrogen and oxygen atoms in total. The zero-order valence-corrected chi connectivity index (χ0v) is 16.3. The number of ether oxygens (including phenoxy) is 1. The van der Waals surface area contributed by atoms with Crippen molar-refractivity contribution in [1.29, 1.82) is 0 Å². The lowest BCUT2D eigenvalue weighted by Gasteiger charge is -2.22. The van der Waals surface area contributed by atoms with Gasteiger partial charge in [-0.15, -0.1) is 0 Å². The van der Waals surface area contributed by atoms with E-state index in [1.54, 1.807) is 24.3 Å². The number of nitrogens with zero attached hydrogens (tertiary/aromatic N) is 2. The fourth-order valence-electron chi connectivity index (χ4n) is 3.52. The molecule has 1 aliphatic rings. The molecule has 1 unspecified atom stereocenters. The maximum atomic E-state index is 13.2. The number of esters is 1. The van der Waals surface area contributed by atoms with E-state index in [1.807, 2.05) is 0 Å². The van der Waals surface area contributed by atoms with Crippen molar-refractivity contribution in [3.63, 3.8) is 0 Å². The second kappa shape index (κ2) is 8.47. The van der Waals surface area contributed by atoms with Crippen LogP contribution in [0.2, 0.25) is 0 Å². The van der Waals surface area contributed by atoms with Crippen molar-refractivity contribution in [3.05, 3.63) is 76.0 Å². The quantitative estimate of drug-likeness (QED) is 0.512. The molecular weight excluding hydrogens is 405 g/mol. The first kappa shape index (κ1) is 20.4. The molecule has 2 amide bonds. The monoisotopic (exact) mass is 423 g/mol. The fourth-order valence-corrected chi connectivity index (χ4v) is 3.52. The Balaban J connectivity index is 1.58. The average Bonchev–Trinajstić information content (AvgIpc) is 2.95. The molecule has 2 heterocycles. The van der Waals surface area contributed by atoms with Gasteiger partial charge < -0.3 is 4.74 Å². The van der Waals surface area contributed by atoms with Gasteiger partial charge in [0.15, 0.2) is 11.8 Å². The molecule has 1 aliphatic heterocycles. The van der Waals surface area contributed by atoms with E-state index in [2.05, 4.69) is 10.2 Å². The van der Waals surface area contributed by atoms with Crippen LogP contribution in [0.15, 0.2) is 53.3 Å². The minimum absolute atomic E-state index is 0.122. The molecule has 0 saturated carbocycles. The first-order chi connectivity index (χ1) is 15.0. The third kappa shape index (κ3) is 4.07. The second-order valence-corrected chi connectivity index (χ2v) is 7.14. The number of fused-ring (bicyclic) bond motifs is 1. The molecule has 0 bridgehead atoms. The lowest BCUT2D eigenvalue weighted by molar-refractivity contribution is -0.137.